The molecule has 3 N–H and O–H groups in total. The van der Waals surface area contributed by atoms with Crippen LogP contribution in [0.25, 0.3) is 0 Å². The van der Waals surface area contributed by atoms with Crippen LogP contribution in [0, 0.1) is 5.41 Å². The summed E-state index contributed by atoms with van der Waals surface area (Å²) >= 11 is 0. The summed E-state index contributed by atoms with van der Waals surface area (Å²) < 4.78 is 11.2. The second kappa shape index (κ2) is 8.37. The van der Waals surface area contributed by atoms with Crippen molar-refractivity contribution in [1.82, 2.24) is 4.90 Å². The van der Waals surface area contributed by atoms with E-state index in [-0.39, 0.29) is 23.5 Å². The fraction of sp³-hybridized carbons (Fsp3) is 0.650. The number of carbonyl (C=O) groups is 1. The Morgan fingerprint density at radius 1 is 1.31 bits per heavy atom. The zero-order valence-corrected chi connectivity index (χ0v) is 15.5. The van der Waals surface area contributed by atoms with Crippen molar-refractivity contribution in [3.8, 4) is 5.75 Å². The van der Waals surface area contributed by atoms with Gasteiger partial charge in [-0.1, -0.05) is 12.1 Å². The Morgan fingerprint density at radius 3 is 2.58 bits per heavy atom. The smallest absolute Gasteiger partial charge is 0.226 e. The summed E-state index contributed by atoms with van der Waals surface area (Å²) in [6.07, 6.45) is 2.41. The second-order valence-electron chi connectivity index (χ2n) is 7.27. The lowest BCUT2D eigenvalue weighted by molar-refractivity contribution is -0.210. The number of piperidine rings is 1. The molecular weight excluding hydrogens is 332 g/mol. The van der Waals surface area contributed by atoms with Crippen molar-refractivity contribution in [1.29, 1.82) is 0 Å². The van der Waals surface area contributed by atoms with E-state index in [1.54, 1.807) is 0 Å². The number of hydrogen-bond acceptors (Lipinski definition) is 5. The number of likely N-dealkylation sites (tertiary alicyclic amines) is 1. The number of benzene rings is 1. The summed E-state index contributed by atoms with van der Waals surface area (Å²) in [5.41, 5.74) is 6.32. The Labute approximate surface area is 155 Å². The van der Waals surface area contributed by atoms with Gasteiger partial charge in [-0.2, -0.15) is 0 Å². The van der Waals surface area contributed by atoms with Gasteiger partial charge in [-0.3, -0.25) is 4.79 Å². The van der Waals surface area contributed by atoms with E-state index in [1.807, 2.05) is 36.1 Å². The molecule has 1 saturated heterocycles. The Hall–Kier alpha value is -1.63. The van der Waals surface area contributed by atoms with Crippen molar-refractivity contribution < 1.29 is 19.4 Å². The van der Waals surface area contributed by atoms with Gasteiger partial charge in [0.2, 0.25) is 5.91 Å². The zero-order chi connectivity index (χ0) is 18.6. The van der Waals surface area contributed by atoms with Gasteiger partial charge in [-0.05, 0) is 37.5 Å². The Morgan fingerprint density at radius 2 is 2.00 bits per heavy atom. The first-order valence-corrected chi connectivity index (χ1v) is 9.58. The van der Waals surface area contributed by atoms with Gasteiger partial charge in [-0.15, -0.1) is 0 Å². The maximum Gasteiger partial charge on any atom is 0.226 e. The molecule has 6 heteroatoms. The van der Waals surface area contributed by atoms with Gasteiger partial charge in [0.05, 0.1) is 31.8 Å². The van der Waals surface area contributed by atoms with Gasteiger partial charge in [0.1, 0.15) is 5.75 Å². The van der Waals surface area contributed by atoms with E-state index < -0.39 is 0 Å². The summed E-state index contributed by atoms with van der Waals surface area (Å²) in [5.74, 6) is 0.961. The average Bonchev–Trinajstić information content (AvgIpc) is 2.67. The molecule has 0 bridgehead atoms. The molecule has 2 unspecified atom stereocenters. The van der Waals surface area contributed by atoms with Crippen molar-refractivity contribution in [2.75, 3.05) is 32.8 Å². The highest BCUT2D eigenvalue weighted by Gasteiger charge is 2.56. The topological polar surface area (TPSA) is 85.0 Å². The average molecular weight is 362 g/mol. The zero-order valence-electron chi connectivity index (χ0n) is 15.5. The van der Waals surface area contributed by atoms with E-state index in [1.165, 1.54) is 0 Å². The molecule has 1 amide bonds. The van der Waals surface area contributed by atoms with Gasteiger partial charge < -0.3 is 25.2 Å². The Balaban J connectivity index is 1.52. The van der Waals surface area contributed by atoms with Gasteiger partial charge in [-0.25, -0.2) is 0 Å². The number of amides is 1. The number of ether oxygens (including phenoxy) is 2. The molecule has 0 radical (unpaired) electrons. The van der Waals surface area contributed by atoms with Crippen molar-refractivity contribution in [2.45, 2.75) is 44.8 Å². The maximum atomic E-state index is 12.6. The number of rotatable bonds is 7. The normalized spacial score (nSPS) is 24.3. The van der Waals surface area contributed by atoms with Gasteiger partial charge >= 0.3 is 0 Å². The predicted octanol–water partition coefficient (Wildman–Crippen LogP) is 1.35. The van der Waals surface area contributed by atoms with E-state index in [2.05, 4.69) is 0 Å². The van der Waals surface area contributed by atoms with Crippen LogP contribution in [0.5, 0.6) is 5.75 Å². The molecule has 1 heterocycles. The summed E-state index contributed by atoms with van der Waals surface area (Å²) in [6, 6.07) is 7.70. The van der Waals surface area contributed by atoms with Crippen molar-refractivity contribution in [3.05, 3.63) is 29.8 Å². The minimum Gasteiger partial charge on any atom is -0.494 e. The van der Waals surface area contributed by atoms with Crippen LogP contribution in [0.4, 0.5) is 0 Å². The molecule has 6 nitrogen and oxygen atoms in total. The molecule has 26 heavy (non-hydrogen) atoms. The van der Waals surface area contributed by atoms with E-state index in [9.17, 15) is 9.90 Å². The molecule has 2 atom stereocenters. The van der Waals surface area contributed by atoms with Crippen molar-refractivity contribution in [2.24, 2.45) is 11.1 Å². The third kappa shape index (κ3) is 3.87. The molecule has 1 aliphatic carbocycles. The minimum absolute atomic E-state index is 0.0735. The standard InChI is InChI=1S/C20H30N2O4/c1-2-25-16-5-3-15(4-6-16)13-19(24)22-10-7-20(8-11-22)17(23)14-18(20)26-12-9-21/h3-6,17-18,23H,2,7-14,21H2,1H3. The van der Waals surface area contributed by atoms with Crippen LogP contribution in [0.15, 0.2) is 24.3 Å². The summed E-state index contributed by atoms with van der Waals surface area (Å²) in [5, 5.41) is 10.3. The predicted molar refractivity (Wildman–Crippen MR) is 99.0 cm³/mol. The van der Waals surface area contributed by atoms with Crippen LogP contribution in [0.3, 0.4) is 0 Å². The Bertz CT molecular complexity index is 596. The van der Waals surface area contributed by atoms with Gasteiger partial charge in [0.15, 0.2) is 0 Å². The first-order valence-electron chi connectivity index (χ1n) is 9.58. The van der Waals surface area contributed by atoms with E-state index in [4.69, 9.17) is 15.2 Å². The molecule has 2 aliphatic rings. The fourth-order valence-electron chi connectivity index (χ4n) is 4.15. The van der Waals surface area contributed by atoms with E-state index in [0.29, 0.717) is 45.7 Å². The van der Waals surface area contributed by atoms with Crippen molar-refractivity contribution in [3.63, 3.8) is 0 Å². The SMILES string of the molecule is CCOc1ccc(CC(=O)N2CCC3(CC2)C(O)CC3OCCN)cc1. The van der Waals surface area contributed by atoms with Crippen LogP contribution in [0.2, 0.25) is 0 Å². The molecule has 2 fully saturated rings. The summed E-state index contributed by atoms with van der Waals surface area (Å²) in [4.78, 5) is 14.5. The third-order valence-corrected chi connectivity index (χ3v) is 5.82. The third-order valence-electron chi connectivity index (χ3n) is 5.82. The summed E-state index contributed by atoms with van der Waals surface area (Å²) in [6.45, 7) is 4.96. The number of nitrogens with zero attached hydrogens (tertiary/aromatic N) is 1. The molecule has 144 valence electrons. The van der Waals surface area contributed by atoms with Gasteiger partial charge in [0, 0.05) is 31.5 Å². The monoisotopic (exact) mass is 362 g/mol. The number of hydrogen-bond donors (Lipinski definition) is 2. The Kier molecular flexibility index (Phi) is 6.16. The fourth-order valence-corrected chi connectivity index (χ4v) is 4.15. The number of carbonyl (C=O) groups excluding carboxylic acids is 1. The highest BCUT2D eigenvalue weighted by atomic mass is 16.5. The highest BCUT2D eigenvalue weighted by molar-refractivity contribution is 5.79. The quantitative estimate of drug-likeness (QED) is 0.765. The van der Waals surface area contributed by atoms with Gasteiger partial charge in [0.25, 0.3) is 0 Å². The molecule has 1 saturated carbocycles. The lowest BCUT2D eigenvalue weighted by Gasteiger charge is -2.56. The highest BCUT2D eigenvalue weighted by Crippen LogP contribution is 2.50. The minimum atomic E-state index is -0.325. The summed E-state index contributed by atoms with van der Waals surface area (Å²) in [7, 11) is 0. The first-order chi connectivity index (χ1) is 12.6. The molecule has 0 aromatic heterocycles. The molecule has 1 aromatic carbocycles. The molecule has 1 aliphatic heterocycles. The van der Waals surface area contributed by atoms with E-state index in [0.717, 1.165) is 24.2 Å². The lowest BCUT2D eigenvalue weighted by atomic mass is 9.58. The maximum absolute atomic E-state index is 12.6. The molecule has 3 rings (SSSR count). The van der Waals surface area contributed by atoms with E-state index >= 15 is 0 Å². The molecular formula is C20H30N2O4. The lowest BCUT2D eigenvalue weighted by Crippen LogP contribution is -2.63. The molecule has 1 aromatic rings. The number of aliphatic hydroxyl groups is 1. The number of nitrogens with two attached hydrogens (primary N) is 1. The second-order valence-corrected chi connectivity index (χ2v) is 7.27. The van der Waals surface area contributed by atoms with Crippen LogP contribution >= 0.6 is 0 Å². The van der Waals surface area contributed by atoms with Crippen LogP contribution in [-0.4, -0.2) is 61.0 Å². The first kappa shape index (κ1) is 19.1. The molecule has 1 spiro atoms. The van der Waals surface area contributed by atoms with Crippen LogP contribution < -0.4 is 10.5 Å². The van der Waals surface area contributed by atoms with Crippen LogP contribution in [0.1, 0.15) is 31.7 Å². The van der Waals surface area contributed by atoms with Crippen molar-refractivity contribution >= 4 is 5.91 Å². The van der Waals surface area contributed by atoms with Crippen LogP contribution in [-0.2, 0) is 16.0 Å². The largest absolute Gasteiger partial charge is 0.494 e. The number of aliphatic hydroxyl groups excluding tert-OH is 1.